The molecule has 0 radical (unpaired) electrons. The Morgan fingerprint density at radius 3 is 2.50 bits per heavy atom. The second kappa shape index (κ2) is 8.92. The van der Waals surface area contributed by atoms with Gasteiger partial charge in [0.15, 0.2) is 0 Å². The number of hydrogen-bond acceptors (Lipinski definition) is 5. The molecule has 6 heteroatoms. The van der Waals surface area contributed by atoms with Crippen LogP contribution in [-0.4, -0.2) is 43.3 Å². The summed E-state index contributed by atoms with van der Waals surface area (Å²) in [5.74, 6) is 1.30. The highest BCUT2D eigenvalue weighted by molar-refractivity contribution is 9.10. The Kier molecular flexibility index (Phi) is 6.27. The number of nitrogens with zero attached hydrogens (tertiary/aromatic N) is 1. The van der Waals surface area contributed by atoms with E-state index >= 15 is 0 Å². The Morgan fingerprint density at radius 2 is 1.80 bits per heavy atom. The van der Waals surface area contributed by atoms with Crippen molar-refractivity contribution in [1.82, 2.24) is 4.90 Å². The zero-order chi connectivity index (χ0) is 21.3. The van der Waals surface area contributed by atoms with Crippen LogP contribution >= 0.6 is 15.9 Å². The SMILES string of the molecule is Cc1oc2cc(OCCN3CC(C)OC(C)C3)ccc2c(=O)c1-c1ccc(Br)cc1. The molecule has 5 nitrogen and oxygen atoms in total. The highest BCUT2D eigenvalue weighted by Crippen LogP contribution is 2.27. The summed E-state index contributed by atoms with van der Waals surface area (Å²) in [4.78, 5) is 15.5. The molecule has 0 saturated carbocycles. The smallest absolute Gasteiger partial charge is 0.200 e. The first kappa shape index (κ1) is 21.1. The van der Waals surface area contributed by atoms with Crippen LogP contribution in [0, 0.1) is 6.92 Å². The van der Waals surface area contributed by atoms with Gasteiger partial charge in [0.2, 0.25) is 5.43 Å². The molecule has 0 N–H and O–H groups in total. The van der Waals surface area contributed by atoms with Crippen molar-refractivity contribution in [2.45, 2.75) is 33.0 Å². The Morgan fingerprint density at radius 1 is 1.10 bits per heavy atom. The third-order valence-corrected chi connectivity index (χ3v) is 5.87. The number of rotatable bonds is 5. The van der Waals surface area contributed by atoms with Crippen molar-refractivity contribution < 1.29 is 13.9 Å². The van der Waals surface area contributed by atoms with E-state index in [-0.39, 0.29) is 17.6 Å². The van der Waals surface area contributed by atoms with E-state index in [1.54, 1.807) is 12.1 Å². The van der Waals surface area contributed by atoms with E-state index in [1.165, 1.54) is 0 Å². The number of hydrogen-bond donors (Lipinski definition) is 0. The quantitative estimate of drug-likeness (QED) is 0.522. The van der Waals surface area contributed by atoms with E-state index in [0.29, 0.717) is 34.6 Å². The Bertz CT molecular complexity index is 1080. The van der Waals surface area contributed by atoms with Crippen molar-refractivity contribution in [2.75, 3.05) is 26.2 Å². The average molecular weight is 472 g/mol. The lowest BCUT2D eigenvalue weighted by Gasteiger charge is -2.35. The molecule has 0 bridgehead atoms. The second-order valence-electron chi connectivity index (χ2n) is 7.89. The maximum Gasteiger partial charge on any atom is 0.200 e. The molecule has 0 aliphatic carbocycles. The Labute approximate surface area is 184 Å². The fourth-order valence-electron chi connectivity index (χ4n) is 4.09. The van der Waals surface area contributed by atoms with Crippen LogP contribution in [0.4, 0.5) is 0 Å². The van der Waals surface area contributed by atoms with Gasteiger partial charge in [0, 0.05) is 30.2 Å². The molecule has 2 unspecified atom stereocenters. The van der Waals surface area contributed by atoms with Gasteiger partial charge in [-0.25, -0.2) is 0 Å². The fourth-order valence-corrected chi connectivity index (χ4v) is 4.35. The Balaban J connectivity index is 1.51. The van der Waals surface area contributed by atoms with Crippen molar-refractivity contribution in [3.63, 3.8) is 0 Å². The lowest BCUT2D eigenvalue weighted by molar-refractivity contribution is -0.0699. The van der Waals surface area contributed by atoms with Gasteiger partial charge in [-0.15, -0.1) is 0 Å². The van der Waals surface area contributed by atoms with Crippen LogP contribution in [0.15, 0.2) is 56.1 Å². The van der Waals surface area contributed by atoms with Crippen LogP contribution in [0.5, 0.6) is 5.75 Å². The molecule has 1 fully saturated rings. The summed E-state index contributed by atoms with van der Waals surface area (Å²) in [5.41, 5.74) is 1.96. The van der Waals surface area contributed by atoms with Gasteiger partial charge in [0.25, 0.3) is 0 Å². The molecule has 158 valence electrons. The molecule has 1 aliphatic heterocycles. The van der Waals surface area contributed by atoms with Crippen LogP contribution in [0.1, 0.15) is 19.6 Å². The van der Waals surface area contributed by atoms with Gasteiger partial charge in [-0.05, 0) is 50.6 Å². The summed E-state index contributed by atoms with van der Waals surface area (Å²) in [6.07, 6.45) is 0.484. The molecule has 2 aromatic carbocycles. The number of benzene rings is 2. The Hall–Kier alpha value is -2.15. The predicted molar refractivity (Wildman–Crippen MR) is 122 cm³/mol. The summed E-state index contributed by atoms with van der Waals surface area (Å²) in [7, 11) is 0. The van der Waals surface area contributed by atoms with Gasteiger partial charge in [0.05, 0.1) is 23.2 Å². The molecule has 1 aromatic heterocycles. The topological polar surface area (TPSA) is 51.9 Å². The van der Waals surface area contributed by atoms with Crippen molar-refractivity contribution in [1.29, 1.82) is 0 Å². The molecular weight excluding hydrogens is 446 g/mol. The lowest BCUT2D eigenvalue weighted by atomic mass is 10.0. The van der Waals surface area contributed by atoms with Gasteiger partial charge >= 0.3 is 0 Å². The van der Waals surface area contributed by atoms with Gasteiger partial charge in [-0.1, -0.05) is 28.1 Å². The van der Waals surface area contributed by atoms with E-state index in [4.69, 9.17) is 13.9 Å². The number of fused-ring (bicyclic) bond motifs is 1. The predicted octanol–water partition coefficient (Wildman–Crippen LogP) is 5.02. The largest absolute Gasteiger partial charge is 0.492 e. The molecule has 4 rings (SSSR count). The summed E-state index contributed by atoms with van der Waals surface area (Å²) in [5, 5.41) is 0.557. The van der Waals surface area contributed by atoms with Crippen molar-refractivity contribution in [3.05, 3.63) is 62.9 Å². The maximum absolute atomic E-state index is 13.1. The second-order valence-corrected chi connectivity index (χ2v) is 8.81. The van der Waals surface area contributed by atoms with Crippen molar-refractivity contribution >= 4 is 26.9 Å². The van der Waals surface area contributed by atoms with Gasteiger partial charge < -0.3 is 13.9 Å². The van der Waals surface area contributed by atoms with Crippen LogP contribution in [0.2, 0.25) is 0 Å². The van der Waals surface area contributed by atoms with E-state index in [2.05, 4.69) is 34.7 Å². The molecule has 30 heavy (non-hydrogen) atoms. The number of ether oxygens (including phenoxy) is 2. The first-order valence-corrected chi connectivity index (χ1v) is 11.0. The molecule has 0 spiro atoms. The van der Waals surface area contributed by atoms with E-state index in [1.807, 2.05) is 37.3 Å². The van der Waals surface area contributed by atoms with E-state index in [0.717, 1.165) is 29.7 Å². The van der Waals surface area contributed by atoms with E-state index in [9.17, 15) is 4.79 Å². The summed E-state index contributed by atoms with van der Waals surface area (Å²) in [6.45, 7) is 9.26. The average Bonchev–Trinajstić information content (AvgIpc) is 2.68. The first-order valence-electron chi connectivity index (χ1n) is 10.2. The lowest BCUT2D eigenvalue weighted by Crippen LogP contribution is -2.46. The first-order chi connectivity index (χ1) is 14.4. The minimum Gasteiger partial charge on any atom is -0.492 e. The molecule has 2 heterocycles. The maximum atomic E-state index is 13.1. The zero-order valence-electron chi connectivity index (χ0n) is 17.5. The minimum absolute atomic E-state index is 0.0288. The monoisotopic (exact) mass is 471 g/mol. The molecule has 1 saturated heterocycles. The third-order valence-electron chi connectivity index (χ3n) is 5.34. The molecule has 1 aliphatic rings. The molecule has 0 amide bonds. The van der Waals surface area contributed by atoms with Crippen LogP contribution in [0.3, 0.4) is 0 Å². The van der Waals surface area contributed by atoms with E-state index < -0.39 is 0 Å². The minimum atomic E-state index is -0.0288. The van der Waals surface area contributed by atoms with Gasteiger partial charge in [-0.3, -0.25) is 9.69 Å². The van der Waals surface area contributed by atoms with Crippen molar-refractivity contribution in [3.8, 4) is 16.9 Å². The highest BCUT2D eigenvalue weighted by atomic mass is 79.9. The number of halogens is 1. The van der Waals surface area contributed by atoms with Crippen molar-refractivity contribution in [2.24, 2.45) is 0 Å². The third kappa shape index (κ3) is 4.61. The summed E-state index contributed by atoms with van der Waals surface area (Å²) >= 11 is 3.43. The normalized spacial score (nSPS) is 19.9. The summed E-state index contributed by atoms with van der Waals surface area (Å²) < 4.78 is 18.7. The van der Waals surface area contributed by atoms with Crippen LogP contribution < -0.4 is 10.2 Å². The molecule has 3 aromatic rings. The summed E-state index contributed by atoms with van der Waals surface area (Å²) in [6, 6.07) is 13.1. The molecular formula is C24H26BrNO4. The standard InChI is InChI=1S/C24H26BrNO4/c1-15-13-26(14-16(2)29-15)10-11-28-20-8-9-21-22(12-20)30-17(3)23(24(21)27)18-4-6-19(25)7-5-18/h4-9,12,15-16H,10-11,13-14H2,1-3H3. The zero-order valence-corrected chi connectivity index (χ0v) is 19.1. The molecule has 2 atom stereocenters. The van der Waals surface area contributed by atoms with Crippen LogP contribution in [-0.2, 0) is 4.74 Å². The van der Waals surface area contributed by atoms with Gasteiger partial charge in [-0.2, -0.15) is 0 Å². The van der Waals surface area contributed by atoms with Gasteiger partial charge in [0.1, 0.15) is 23.7 Å². The number of morpholine rings is 1. The fraction of sp³-hybridized carbons (Fsp3) is 0.375. The number of aryl methyl sites for hydroxylation is 1. The van der Waals surface area contributed by atoms with Crippen LogP contribution in [0.25, 0.3) is 22.1 Å². The highest BCUT2D eigenvalue weighted by Gasteiger charge is 2.21.